The number of aromatic amines is 2. The minimum Gasteiger partial charge on any atom is -0.543 e. The van der Waals surface area contributed by atoms with Crippen LogP contribution in [0.1, 0.15) is 21.0 Å². The molecule has 2 aromatic heterocycles. The molecule has 0 aliphatic heterocycles. The number of carbonyl (C=O) groups excluding carboxylic acids is 2. The van der Waals surface area contributed by atoms with Crippen molar-refractivity contribution in [3.8, 4) is 0 Å². The topological polar surface area (TPSA) is 138 Å². The van der Waals surface area contributed by atoms with Gasteiger partial charge in [0, 0.05) is 12.4 Å². The van der Waals surface area contributed by atoms with Crippen LogP contribution in [0, 0.1) is 0 Å². The van der Waals surface area contributed by atoms with Gasteiger partial charge in [-0.05, 0) is 12.1 Å². The molecular weight excluding hydrogens is 264 g/mol. The van der Waals surface area contributed by atoms with Gasteiger partial charge in [-0.3, -0.25) is 10.2 Å². The van der Waals surface area contributed by atoms with E-state index < -0.39 is 11.9 Å². The summed E-state index contributed by atoms with van der Waals surface area (Å²) >= 11 is 0. The number of carbonyl (C=O) groups is 2. The van der Waals surface area contributed by atoms with Crippen LogP contribution in [-0.4, -0.2) is 32.3 Å². The van der Waals surface area contributed by atoms with Crippen LogP contribution in [0.3, 0.4) is 0 Å². The van der Waals surface area contributed by atoms with Crippen molar-refractivity contribution in [2.75, 3.05) is 0 Å². The number of aromatic nitrogens is 4. The van der Waals surface area contributed by atoms with Crippen LogP contribution in [0.4, 0.5) is 0 Å². The molecule has 0 saturated heterocycles. The monoisotopic (exact) mass is 270 g/mol. The maximum Gasteiger partial charge on any atom is 2.00 e. The van der Waals surface area contributed by atoms with E-state index in [9.17, 15) is 19.8 Å². The summed E-state index contributed by atoms with van der Waals surface area (Å²) in [5.74, 6) is -2.52. The Morgan fingerprint density at radius 1 is 0.941 bits per heavy atom. The van der Waals surface area contributed by atoms with Crippen LogP contribution in [0.15, 0.2) is 24.5 Å². The molecule has 0 bridgehead atoms. The number of nitrogens with one attached hydrogen (secondary N) is 2. The third-order valence-electron chi connectivity index (χ3n) is 1.42. The summed E-state index contributed by atoms with van der Waals surface area (Å²) in [4.78, 5) is 19.7. The Labute approximate surface area is 110 Å². The Morgan fingerprint density at radius 2 is 1.29 bits per heavy atom. The molecule has 9 heteroatoms. The second kappa shape index (κ2) is 7.36. The van der Waals surface area contributed by atoms with E-state index in [-0.39, 0.29) is 33.1 Å². The van der Waals surface area contributed by atoms with Gasteiger partial charge in [-0.15, -0.1) is 0 Å². The Balaban J connectivity index is 0.000000284. The van der Waals surface area contributed by atoms with E-state index >= 15 is 0 Å². The van der Waals surface area contributed by atoms with E-state index in [0.717, 1.165) is 0 Å². The summed E-state index contributed by atoms with van der Waals surface area (Å²) in [5, 5.41) is 31.1. The molecule has 0 amide bonds. The van der Waals surface area contributed by atoms with Crippen molar-refractivity contribution in [3.05, 3.63) is 35.9 Å². The second-order valence-electron chi connectivity index (χ2n) is 2.49. The van der Waals surface area contributed by atoms with Crippen LogP contribution >= 0.6 is 0 Å². The van der Waals surface area contributed by atoms with Gasteiger partial charge in [0.05, 0.1) is 11.9 Å². The van der Waals surface area contributed by atoms with Crippen LogP contribution in [-0.2, 0) is 21.7 Å². The van der Waals surface area contributed by atoms with Gasteiger partial charge in [-0.2, -0.15) is 10.2 Å². The summed E-state index contributed by atoms with van der Waals surface area (Å²) in [5.41, 5.74) is -0.130. The zero-order valence-corrected chi connectivity index (χ0v) is 9.90. The van der Waals surface area contributed by atoms with Crippen LogP contribution in [0.25, 0.3) is 0 Å². The van der Waals surface area contributed by atoms with E-state index in [0.29, 0.717) is 0 Å². The molecule has 0 fully saturated rings. The van der Waals surface area contributed by atoms with E-state index in [2.05, 4.69) is 20.4 Å². The zero-order valence-electron chi connectivity index (χ0n) is 8.34. The molecule has 0 aliphatic carbocycles. The molecule has 0 atom stereocenters. The Hall–Kier alpha value is -1.93. The average molecular weight is 270 g/mol. The van der Waals surface area contributed by atoms with Gasteiger partial charge < -0.3 is 19.8 Å². The summed E-state index contributed by atoms with van der Waals surface area (Å²) in [6.07, 6.45) is 2.84. The first kappa shape index (κ1) is 15.1. The smallest absolute Gasteiger partial charge is 0.543 e. The van der Waals surface area contributed by atoms with Gasteiger partial charge in [0.1, 0.15) is 11.4 Å². The van der Waals surface area contributed by atoms with E-state index in [1.54, 1.807) is 0 Å². The minimum absolute atomic E-state index is 0. The number of aromatic carboxylic acids is 2. The van der Waals surface area contributed by atoms with E-state index in [1.165, 1.54) is 24.5 Å². The normalized spacial score (nSPS) is 8.47. The van der Waals surface area contributed by atoms with E-state index in [1.807, 2.05) is 0 Å². The number of nitrogens with zero attached hydrogens (tertiary/aromatic N) is 2. The van der Waals surface area contributed by atoms with Crippen LogP contribution < -0.4 is 10.2 Å². The third-order valence-corrected chi connectivity index (χ3v) is 1.42. The van der Waals surface area contributed by atoms with Gasteiger partial charge in [0.2, 0.25) is 0 Å². The molecule has 17 heavy (non-hydrogen) atoms. The molecule has 2 rings (SSSR count). The van der Waals surface area contributed by atoms with Crippen molar-refractivity contribution in [2.45, 2.75) is 0 Å². The molecule has 0 aliphatic rings. The number of rotatable bonds is 2. The van der Waals surface area contributed by atoms with E-state index in [4.69, 9.17) is 0 Å². The fourth-order valence-electron chi connectivity index (χ4n) is 0.748. The van der Waals surface area contributed by atoms with Crippen molar-refractivity contribution in [3.63, 3.8) is 0 Å². The first-order chi connectivity index (χ1) is 7.61. The SMILES string of the molecule is O=C([O-])c1cc[nH]n1.O=C([O-])c1cc[nH]n1.[Ti+2]. The quantitative estimate of drug-likeness (QED) is 0.580. The molecule has 0 radical (unpaired) electrons. The van der Waals surface area contributed by atoms with Gasteiger partial charge in [0.25, 0.3) is 0 Å². The van der Waals surface area contributed by atoms with Gasteiger partial charge in [-0.1, -0.05) is 0 Å². The minimum atomic E-state index is -1.26. The molecule has 2 aromatic rings. The summed E-state index contributed by atoms with van der Waals surface area (Å²) in [6.45, 7) is 0. The molecule has 0 saturated carbocycles. The van der Waals surface area contributed by atoms with Crippen molar-refractivity contribution in [1.82, 2.24) is 20.4 Å². The number of carboxylic acid groups (broad SMARTS) is 2. The molecule has 0 unspecified atom stereocenters. The Bertz CT molecular complexity index is 410. The molecule has 8 nitrogen and oxygen atoms in total. The molecule has 0 spiro atoms. The van der Waals surface area contributed by atoms with Crippen molar-refractivity contribution in [2.24, 2.45) is 0 Å². The fraction of sp³-hybridized carbons (Fsp3) is 0. The Kier molecular flexibility index (Phi) is 6.53. The number of hydrogen-bond acceptors (Lipinski definition) is 6. The standard InChI is InChI=1S/2C4H4N2O2.Ti/c2*7-4(8)3-1-2-5-6-3;/h2*1-2H,(H,5,6)(H,7,8);/q;;+2/p-2. The average Bonchev–Trinajstić information content (AvgIpc) is 2.93. The number of H-pyrrole nitrogens is 2. The molecule has 0 aromatic carbocycles. The Morgan fingerprint density at radius 3 is 1.41 bits per heavy atom. The second-order valence-corrected chi connectivity index (χ2v) is 2.49. The molecule has 2 N–H and O–H groups in total. The maximum absolute atomic E-state index is 9.87. The maximum atomic E-state index is 9.87. The predicted octanol–water partition coefficient (Wildman–Crippen LogP) is -2.46. The summed E-state index contributed by atoms with van der Waals surface area (Å²) < 4.78 is 0. The zero-order chi connectivity index (χ0) is 12.0. The van der Waals surface area contributed by atoms with Gasteiger partial charge in [-0.25, -0.2) is 0 Å². The summed E-state index contributed by atoms with van der Waals surface area (Å²) in [7, 11) is 0. The van der Waals surface area contributed by atoms with Crippen LogP contribution in [0.2, 0.25) is 0 Å². The van der Waals surface area contributed by atoms with Crippen molar-refractivity contribution in [1.29, 1.82) is 0 Å². The van der Waals surface area contributed by atoms with Gasteiger partial charge in [0.15, 0.2) is 0 Å². The fourth-order valence-corrected chi connectivity index (χ4v) is 0.748. The summed E-state index contributed by atoms with van der Waals surface area (Å²) in [6, 6.07) is 2.66. The molecular formula is C8H6N4O4Ti. The van der Waals surface area contributed by atoms with Crippen molar-refractivity contribution < 1.29 is 41.5 Å². The van der Waals surface area contributed by atoms with Gasteiger partial charge >= 0.3 is 21.7 Å². The molecule has 86 valence electrons. The van der Waals surface area contributed by atoms with Crippen molar-refractivity contribution >= 4 is 11.9 Å². The van der Waals surface area contributed by atoms with Crippen LogP contribution in [0.5, 0.6) is 0 Å². The first-order valence-corrected chi connectivity index (χ1v) is 4.03. The largest absolute Gasteiger partial charge is 2.00 e. The third kappa shape index (κ3) is 5.09. The predicted molar refractivity (Wildman–Crippen MR) is 45.8 cm³/mol. The number of hydrogen-bond donors (Lipinski definition) is 2. The molecule has 2 heterocycles. The first-order valence-electron chi connectivity index (χ1n) is 4.03. The number of carboxylic acids is 2.